The smallest absolute Gasteiger partial charge is 0.115 e. The van der Waals surface area contributed by atoms with E-state index in [4.69, 9.17) is 0 Å². The van der Waals surface area contributed by atoms with E-state index >= 15 is 0 Å². The van der Waals surface area contributed by atoms with Crippen molar-refractivity contribution in [1.82, 2.24) is 0 Å². The standard InChI is InChI=1S/C14H23NO/c1-10(2)5-6-12(4)15-14-8-7-13(16)9-11(14)3/h7-10,12,15-16H,5-6H2,1-4H3. The SMILES string of the molecule is Cc1cc(O)ccc1NC(C)CCC(C)C. The second-order valence-electron chi connectivity index (χ2n) is 5.02. The van der Waals surface area contributed by atoms with Crippen molar-refractivity contribution in [3.8, 4) is 5.75 Å². The monoisotopic (exact) mass is 221 g/mol. The van der Waals surface area contributed by atoms with E-state index in [1.807, 2.05) is 13.0 Å². The van der Waals surface area contributed by atoms with Crippen molar-refractivity contribution in [3.63, 3.8) is 0 Å². The van der Waals surface area contributed by atoms with Crippen molar-refractivity contribution in [3.05, 3.63) is 23.8 Å². The van der Waals surface area contributed by atoms with Crippen LogP contribution in [0.1, 0.15) is 39.2 Å². The maximum Gasteiger partial charge on any atom is 0.115 e. The third kappa shape index (κ3) is 4.13. The molecule has 0 aliphatic carbocycles. The Hall–Kier alpha value is -1.18. The summed E-state index contributed by atoms with van der Waals surface area (Å²) in [5, 5.41) is 12.8. The Bertz CT molecular complexity index is 334. The molecule has 0 aliphatic heterocycles. The molecule has 2 nitrogen and oxygen atoms in total. The molecule has 0 saturated carbocycles. The molecule has 1 rings (SSSR count). The molecule has 0 aromatic heterocycles. The fourth-order valence-electron chi connectivity index (χ4n) is 1.73. The summed E-state index contributed by atoms with van der Waals surface area (Å²) in [5.41, 5.74) is 2.21. The van der Waals surface area contributed by atoms with E-state index < -0.39 is 0 Å². The Balaban J connectivity index is 2.52. The molecule has 1 aromatic rings. The van der Waals surface area contributed by atoms with Gasteiger partial charge in [0.25, 0.3) is 0 Å². The van der Waals surface area contributed by atoms with Crippen LogP contribution in [0.4, 0.5) is 5.69 Å². The molecule has 1 aromatic carbocycles. The molecular weight excluding hydrogens is 198 g/mol. The van der Waals surface area contributed by atoms with Crippen LogP contribution >= 0.6 is 0 Å². The van der Waals surface area contributed by atoms with Gasteiger partial charge in [0.1, 0.15) is 5.75 Å². The molecule has 1 unspecified atom stereocenters. The van der Waals surface area contributed by atoms with Crippen LogP contribution in [-0.4, -0.2) is 11.1 Å². The molecule has 0 aliphatic rings. The molecule has 2 heteroatoms. The fourth-order valence-corrected chi connectivity index (χ4v) is 1.73. The highest BCUT2D eigenvalue weighted by atomic mass is 16.3. The molecule has 0 heterocycles. The van der Waals surface area contributed by atoms with Gasteiger partial charge in [-0.1, -0.05) is 13.8 Å². The Labute approximate surface area is 98.7 Å². The van der Waals surface area contributed by atoms with Gasteiger partial charge in [-0.05, 0) is 56.4 Å². The first-order valence-corrected chi connectivity index (χ1v) is 6.05. The predicted molar refractivity (Wildman–Crippen MR) is 70.0 cm³/mol. The van der Waals surface area contributed by atoms with Crippen molar-refractivity contribution in [2.45, 2.75) is 46.6 Å². The number of phenolic OH excluding ortho intramolecular Hbond substituents is 1. The number of anilines is 1. The van der Waals surface area contributed by atoms with E-state index in [2.05, 4.69) is 26.1 Å². The predicted octanol–water partition coefficient (Wildman–Crippen LogP) is 3.94. The molecule has 0 radical (unpaired) electrons. The van der Waals surface area contributed by atoms with E-state index in [0.717, 1.165) is 17.2 Å². The maximum atomic E-state index is 9.32. The van der Waals surface area contributed by atoms with Gasteiger partial charge in [-0.25, -0.2) is 0 Å². The molecule has 0 fully saturated rings. The molecule has 0 spiro atoms. The first-order valence-electron chi connectivity index (χ1n) is 6.05. The fraction of sp³-hybridized carbons (Fsp3) is 0.571. The molecule has 1 atom stereocenters. The maximum absolute atomic E-state index is 9.32. The third-order valence-corrected chi connectivity index (χ3v) is 2.79. The van der Waals surface area contributed by atoms with Crippen molar-refractivity contribution in [1.29, 1.82) is 0 Å². The summed E-state index contributed by atoms with van der Waals surface area (Å²) in [6.45, 7) is 8.71. The zero-order valence-corrected chi connectivity index (χ0v) is 10.7. The number of benzene rings is 1. The van der Waals surface area contributed by atoms with Gasteiger partial charge in [0.05, 0.1) is 0 Å². The summed E-state index contributed by atoms with van der Waals surface area (Å²) < 4.78 is 0. The molecule has 16 heavy (non-hydrogen) atoms. The average Bonchev–Trinajstić information content (AvgIpc) is 2.19. The van der Waals surface area contributed by atoms with Crippen LogP contribution in [0.5, 0.6) is 5.75 Å². The summed E-state index contributed by atoms with van der Waals surface area (Å²) in [6, 6.07) is 5.93. The molecule has 2 N–H and O–H groups in total. The molecule has 0 bridgehead atoms. The summed E-state index contributed by atoms with van der Waals surface area (Å²) in [7, 11) is 0. The summed E-state index contributed by atoms with van der Waals surface area (Å²) in [6.07, 6.45) is 2.42. The number of hydrogen-bond acceptors (Lipinski definition) is 2. The second kappa shape index (κ2) is 5.78. The van der Waals surface area contributed by atoms with Crippen LogP contribution in [0, 0.1) is 12.8 Å². The van der Waals surface area contributed by atoms with Gasteiger partial charge in [-0.2, -0.15) is 0 Å². The number of aryl methyl sites for hydroxylation is 1. The molecular formula is C14H23NO. The van der Waals surface area contributed by atoms with Crippen molar-refractivity contribution >= 4 is 5.69 Å². The topological polar surface area (TPSA) is 32.3 Å². The van der Waals surface area contributed by atoms with Crippen molar-refractivity contribution in [2.24, 2.45) is 5.92 Å². The van der Waals surface area contributed by atoms with Gasteiger partial charge < -0.3 is 10.4 Å². The van der Waals surface area contributed by atoms with Crippen LogP contribution in [0.3, 0.4) is 0 Å². The van der Waals surface area contributed by atoms with E-state index in [0.29, 0.717) is 11.8 Å². The zero-order chi connectivity index (χ0) is 12.1. The summed E-state index contributed by atoms with van der Waals surface area (Å²) in [4.78, 5) is 0. The highest BCUT2D eigenvalue weighted by Crippen LogP contribution is 2.21. The van der Waals surface area contributed by atoms with Gasteiger partial charge in [-0.15, -0.1) is 0 Å². The quantitative estimate of drug-likeness (QED) is 0.738. The number of aromatic hydroxyl groups is 1. The van der Waals surface area contributed by atoms with Crippen molar-refractivity contribution < 1.29 is 5.11 Å². The van der Waals surface area contributed by atoms with E-state index in [1.54, 1.807) is 12.1 Å². The summed E-state index contributed by atoms with van der Waals surface area (Å²) >= 11 is 0. The van der Waals surface area contributed by atoms with Gasteiger partial charge in [0, 0.05) is 11.7 Å². The Kier molecular flexibility index (Phi) is 4.66. The van der Waals surface area contributed by atoms with E-state index in [-0.39, 0.29) is 0 Å². The van der Waals surface area contributed by atoms with Crippen LogP contribution in [-0.2, 0) is 0 Å². The number of nitrogens with one attached hydrogen (secondary N) is 1. The highest BCUT2D eigenvalue weighted by molar-refractivity contribution is 5.53. The molecule has 90 valence electrons. The minimum Gasteiger partial charge on any atom is -0.508 e. The minimum absolute atomic E-state index is 0.331. The van der Waals surface area contributed by atoms with Gasteiger partial charge in [0.15, 0.2) is 0 Å². The van der Waals surface area contributed by atoms with Crippen LogP contribution in [0.2, 0.25) is 0 Å². The summed E-state index contributed by atoms with van der Waals surface area (Å²) in [5.74, 6) is 1.09. The van der Waals surface area contributed by atoms with Gasteiger partial charge in [0.2, 0.25) is 0 Å². The lowest BCUT2D eigenvalue weighted by Gasteiger charge is -2.18. The first-order chi connectivity index (χ1) is 7.49. The van der Waals surface area contributed by atoms with Crippen LogP contribution < -0.4 is 5.32 Å². The van der Waals surface area contributed by atoms with Crippen LogP contribution in [0.25, 0.3) is 0 Å². The Morgan fingerprint density at radius 1 is 1.19 bits per heavy atom. The zero-order valence-electron chi connectivity index (χ0n) is 10.7. The highest BCUT2D eigenvalue weighted by Gasteiger charge is 2.05. The van der Waals surface area contributed by atoms with Gasteiger partial charge >= 0.3 is 0 Å². The van der Waals surface area contributed by atoms with E-state index in [9.17, 15) is 5.11 Å². The molecule has 0 amide bonds. The number of hydrogen-bond donors (Lipinski definition) is 2. The normalized spacial score (nSPS) is 12.8. The average molecular weight is 221 g/mol. The lowest BCUT2D eigenvalue weighted by atomic mass is 10.0. The minimum atomic E-state index is 0.331. The van der Waals surface area contributed by atoms with E-state index in [1.165, 1.54) is 12.8 Å². The molecule has 0 saturated heterocycles. The third-order valence-electron chi connectivity index (χ3n) is 2.79. The second-order valence-corrected chi connectivity index (χ2v) is 5.02. The Morgan fingerprint density at radius 3 is 2.44 bits per heavy atom. The lowest BCUT2D eigenvalue weighted by molar-refractivity contribution is 0.475. The van der Waals surface area contributed by atoms with Gasteiger partial charge in [-0.3, -0.25) is 0 Å². The number of rotatable bonds is 5. The largest absolute Gasteiger partial charge is 0.508 e. The lowest BCUT2D eigenvalue weighted by Crippen LogP contribution is -2.16. The van der Waals surface area contributed by atoms with Crippen LogP contribution in [0.15, 0.2) is 18.2 Å². The Morgan fingerprint density at radius 2 is 1.88 bits per heavy atom. The van der Waals surface area contributed by atoms with Crippen molar-refractivity contribution in [2.75, 3.05) is 5.32 Å². The number of phenols is 1. The first kappa shape index (κ1) is 12.9.